The van der Waals surface area contributed by atoms with Crippen LogP contribution in [0.1, 0.15) is 37.0 Å². The first-order chi connectivity index (χ1) is 13.3. The molecule has 2 fully saturated rings. The number of nitrogens with one attached hydrogen (secondary N) is 1. The van der Waals surface area contributed by atoms with Crippen molar-refractivity contribution in [1.29, 1.82) is 0 Å². The smallest absolute Gasteiger partial charge is 0.325 e. The van der Waals surface area contributed by atoms with Gasteiger partial charge in [0.2, 0.25) is 0 Å². The molecule has 3 N–H and O–H groups in total. The predicted octanol–water partition coefficient (Wildman–Crippen LogP) is 2.06. The Morgan fingerprint density at radius 2 is 2.04 bits per heavy atom. The number of hydrogen-bond donors (Lipinski definition) is 2. The molecule has 1 spiro atoms. The lowest BCUT2D eigenvalue weighted by molar-refractivity contribution is -0.129. The number of carbonyl (C=O) groups is 3. The van der Waals surface area contributed by atoms with E-state index in [4.69, 9.17) is 5.73 Å². The zero-order valence-corrected chi connectivity index (χ0v) is 16.7. The molecule has 1 aromatic carbocycles. The molecule has 2 aromatic rings. The third-order valence-corrected chi connectivity index (χ3v) is 6.43. The average Bonchev–Trinajstić information content (AvgIpc) is 3.14. The van der Waals surface area contributed by atoms with Crippen molar-refractivity contribution in [2.75, 3.05) is 25.4 Å². The third-order valence-electron chi connectivity index (χ3n) is 5.49. The first-order valence-corrected chi connectivity index (χ1v) is 10.2. The lowest BCUT2D eigenvalue weighted by atomic mass is 9.85. The fourth-order valence-corrected chi connectivity index (χ4v) is 4.94. The zero-order chi connectivity index (χ0) is 20.1. The molecule has 0 aliphatic carbocycles. The number of benzene rings is 1. The Balaban J connectivity index is 1.55. The number of urea groups is 1. The summed E-state index contributed by atoms with van der Waals surface area (Å²) in [5.74, 6) is -0.0885. The van der Waals surface area contributed by atoms with E-state index in [1.165, 1.54) is 11.3 Å². The number of imide groups is 1. The number of carbonyl (C=O) groups excluding carboxylic acids is 3. The van der Waals surface area contributed by atoms with Gasteiger partial charge in [0.05, 0.1) is 15.8 Å². The molecular weight excluding hydrogens is 378 g/mol. The number of likely N-dealkylation sites (tertiary alicyclic amines) is 1. The monoisotopic (exact) mass is 401 g/mol. The number of fused-ring (bicyclic) bond motifs is 1. The van der Waals surface area contributed by atoms with Gasteiger partial charge in [0, 0.05) is 19.6 Å². The molecule has 3 heterocycles. The highest BCUT2D eigenvalue weighted by molar-refractivity contribution is 7.22. The number of aromatic nitrogens is 1. The normalized spacial score (nSPS) is 19.1. The first kappa shape index (κ1) is 18.7. The summed E-state index contributed by atoms with van der Waals surface area (Å²) in [7, 11) is 0. The Hall–Kier alpha value is -2.68. The van der Waals surface area contributed by atoms with Gasteiger partial charge in [0.15, 0.2) is 5.13 Å². The van der Waals surface area contributed by atoms with Gasteiger partial charge < -0.3 is 15.5 Å². The number of nitrogen functional groups attached to an aromatic ring is 1. The second kappa shape index (κ2) is 6.73. The van der Waals surface area contributed by atoms with Crippen molar-refractivity contribution >= 4 is 44.5 Å². The van der Waals surface area contributed by atoms with Crippen LogP contribution in [0.25, 0.3) is 10.2 Å². The van der Waals surface area contributed by atoms with E-state index >= 15 is 0 Å². The topological polar surface area (TPSA) is 109 Å². The number of thiazole rings is 1. The predicted molar refractivity (Wildman–Crippen MR) is 107 cm³/mol. The number of amides is 4. The van der Waals surface area contributed by atoms with E-state index in [0.29, 0.717) is 48.7 Å². The standard InChI is InChI=1S/C19H23N5O3S/c1-11(2)10-24-18(27)22-16(26)19(24)6-8-23(9-7-19)15(25)12-4-3-5-13-14(12)28-17(20)21-13/h3-5,11H,6-10H2,1-2H3,(H2,20,21)(H,22,26,27). The Bertz CT molecular complexity index is 962. The van der Waals surface area contributed by atoms with Crippen molar-refractivity contribution in [2.45, 2.75) is 32.2 Å². The van der Waals surface area contributed by atoms with E-state index in [9.17, 15) is 14.4 Å². The van der Waals surface area contributed by atoms with Crippen molar-refractivity contribution in [3.63, 3.8) is 0 Å². The van der Waals surface area contributed by atoms with Crippen molar-refractivity contribution < 1.29 is 14.4 Å². The number of nitrogens with zero attached hydrogens (tertiary/aromatic N) is 3. The molecule has 0 atom stereocenters. The summed E-state index contributed by atoms with van der Waals surface area (Å²) in [6.07, 6.45) is 0.869. The number of anilines is 1. The molecule has 0 bridgehead atoms. The fourth-order valence-electron chi connectivity index (χ4n) is 4.10. The SMILES string of the molecule is CC(C)CN1C(=O)NC(=O)C12CCN(C(=O)c1cccc3nc(N)sc13)CC2. The van der Waals surface area contributed by atoms with Gasteiger partial charge in [0.25, 0.3) is 11.8 Å². The van der Waals surface area contributed by atoms with Gasteiger partial charge in [0.1, 0.15) is 5.54 Å². The number of nitrogens with two attached hydrogens (primary N) is 1. The van der Waals surface area contributed by atoms with Crippen LogP contribution < -0.4 is 11.1 Å². The number of rotatable bonds is 3. The highest BCUT2D eigenvalue weighted by Crippen LogP contribution is 2.35. The van der Waals surface area contributed by atoms with Crippen molar-refractivity contribution in [3.05, 3.63) is 23.8 Å². The maximum absolute atomic E-state index is 13.1. The lowest BCUT2D eigenvalue weighted by Gasteiger charge is -2.42. The molecule has 9 heteroatoms. The van der Waals surface area contributed by atoms with E-state index < -0.39 is 5.54 Å². The number of piperidine rings is 1. The van der Waals surface area contributed by atoms with Gasteiger partial charge in [-0.3, -0.25) is 14.9 Å². The number of hydrogen-bond acceptors (Lipinski definition) is 6. The van der Waals surface area contributed by atoms with Gasteiger partial charge in [-0.1, -0.05) is 31.3 Å². The fraction of sp³-hybridized carbons (Fsp3) is 0.474. The quantitative estimate of drug-likeness (QED) is 0.765. The zero-order valence-electron chi connectivity index (χ0n) is 15.9. The van der Waals surface area contributed by atoms with Gasteiger partial charge in [-0.15, -0.1) is 0 Å². The minimum absolute atomic E-state index is 0.0933. The van der Waals surface area contributed by atoms with Crippen LogP contribution in [0.5, 0.6) is 0 Å². The highest BCUT2D eigenvalue weighted by Gasteiger charge is 2.54. The van der Waals surface area contributed by atoms with Crippen molar-refractivity contribution in [2.24, 2.45) is 5.92 Å². The molecule has 0 saturated carbocycles. The second-order valence-corrected chi connectivity index (χ2v) is 8.82. The Labute approximate surface area is 166 Å². The van der Waals surface area contributed by atoms with Crippen molar-refractivity contribution in [1.82, 2.24) is 20.1 Å². The minimum Gasteiger partial charge on any atom is -0.375 e. The molecular formula is C19H23N5O3S. The van der Waals surface area contributed by atoms with Crippen LogP contribution in [0.2, 0.25) is 0 Å². The molecule has 2 aliphatic rings. The van der Waals surface area contributed by atoms with Crippen molar-refractivity contribution in [3.8, 4) is 0 Å². The molecule has 2 aliphatic heterocycles. The molecule has 1 aromatic heterocycles. The van der Waals surface area contributed by atoms with Crippen LogP contribution >= 0.6 is 11.3 Å². The lowest BCUT2D eigenvalue weighted by Crippen LogP contribution is -2.58. The average molecular weight is 401 g/mol. The maximum Gasteiger partial charge on any atom is 0.325 e. The molecule has 4 amide bonds. The summed E-state index contributed by atoms with van der Waals surface area (Å²) < 4.78 is 0.778. The summed E-state index contributed by atoms with van der Waals surface area (Å²) in [6, 6.07) is 5.09. The summed E-state index contributed by atoms with van der Waals surface area (Å²) >= 11 is 1.30. The van der Waals surface area contributed by atoms with Crippen LogP contribution in [-0.4, -0.2) is 57.8 Å². The van der Waals surface area contributed by atoms with Gasteiger partial charge in [-0.25, -0.2) is 9.78 Å². The molecule has 0 radical (unpaired) electrons. The van der Waals surface area contributed by atoms with E-state index in [-0.39, 0.29) is 23.8 Å². The molecule has 2 saturated heterocycles. The Morgan fingerprint density at radius 3 is 2.71 bits per heavy atom. The van der Waals surface area contributed by atoms with Gasteiger partial charge in [-0.05, 0) is 30.9 Å². The molecule has 8 nitrogen and oxygen atoms in total. The van der Waals surface area contributed by atoms with Crippen LogP contribution in [-0.2, 0) is 4.79 Å². The van der Waals surface area contributed by atoms with Gasteiger partial charge in [-0.2, -0.15) is 0 Å². The van der Waals surface area contributed by atoms with E-state index in [0.717, 1.165) is 4.70 Å². The second-order valence-electron chi connectivity index (χ2n) is 7.79. The summed E-state index contributed by atoms with van der Waals surface area (Å²) in [4.78, 5) is 45.6. The van der Waals surface area contributed by atoms with Gasteiger partial charge >= 0.3 is 6.03 Å². The largest absolute Gasteiger partial charge is 0.375 e. The molecule has 28 heavy (non-hydrogen) atoms. The molecule has 148 valence electrons. The summed E-state index contributed by atoms with van der Waals surface area (Å²) in [5.41, 5.74) is 6.24. The first-order valence-electron chi connectivity index (χ1n) is 9.39. The molecule has 4 rings (SSSR count). The minimum atomic E-state index is -0.848. The molecule has 0 unspecified atom stereocenters. The highest BCUT2D eigenvalue weighted by atomic mass is 32.1. The maximum atomic E-state index is 13.1. The van der Waals surface area contributed by atoms with Crippen LogP contribution in [0.15, 0.2) is 18.2 Å². The Morgan fingerprint density at radius 1 is 1.32 bits per heavy atom. The van der Waals surface area contributed by atoms with Crippen LogP contribution in [0.3, 0.4) is 0 Å². The third kappa shape index (κ3) is 2.90. The summed E-state index contributed by atoms with van der Waals surface area (Å²) in [6.45, 7) is 5.39. The van der Waals surface area contributed by atoms with E-state index in [1.54, 1.807) is 21.9 Å². The summed E-state index contributed by atoms with van der Waals surface area (Å²) in [5, 5.41) is 2.89. The van der Waals surface area contributed by atoms with E-state index in [2.05, 4.69) is 10.3 Å². The van der Waals surface area contributed by atoms with E-state index in [1.807, 2.05) is 19.9 Å². The van der Waals surface area contributed by atoms with Crippen LogP contribution in [0, 0.1) is 5.92 Å². The van der Waals surface area contributed by atoms with Crippen LogP contribution in [0.4, 0.5) is 9.93 Å². The Kier molecular flexibility index (Phi) is 4.49.